The topological polar surface area (TPSA) is 73.1 Å². The Kier molecular flexibility index (Phi) is 6.43. The zero-order chi connectivity index (χ0) is 25.4. The first-order valence-corrected chi connectivity index (χ1v) is 12.1. The van der Waals surface area contributed by atoms with Gasteiger partial charge in [-0.25, -0.2) is 9.97 Å². The molecule has 1 atom stereocenters. The molecule has 0 bridgehead atoms. The van der Waals surface area contributed by atoms with Crippen molar-refractivity contribution >= 4 is 34.1 Å². The van der Waals surface area contributed by atoms with E-state index in [2.05, 4.69) is 15.0 Å². The summed E-state index contributed by atoms with van der Waals surface area (Å²) in [6.07, 6.45) is 3.31. The molecule has 0 aliphatic heterocycles. The van der Waals surface area contributed by atoms with Gasteiger partial charge in [-0.05, 0) is 43.2 Å². The number of imidazole rings is 1. The molecule has 0 saturated carbocycles. The Morgan fingerprint density at radius 2 is 1.78 bits per heavy atom. The van der Waals surface area contributed by atoms with Crippen molar-refractivity contribution in [1.29, 1.82) is 0 Å². The molecule has 182 valence electrons. The number of aryl methyl sites for hydroxylation is 3. The lowest BCUT2D eigenvalue weighted by Crippen LogP contribution is -2.32. The molecule has 0 aliphatic carbocycles. The van der Waals surface area contributed by atoms with E-state index in [4.69, 9.17) is 27.9 Å². The van der Waals surface area contributed by atoms with Gasteiger partial charge in [0.15, 0.2) is 16.5 Å². The second-order valence-electron chi connectivity index (χ2n) is 8.74. The Hall–Kier alpha value is -3.45. The van der Waals surface area contributed by atoms with Gasteiger partial charge in [0, 0.05) is 29.4 Å². The molecule has 0 spiro atoms. The Labute approximate surface area is 219 Å². The number of aliphatic hydroxyl groups is 1. The molecule has 36 heavy (non-hydrogen) atoms. The molecular formula is C28H24Cl2N4O2. The van der Waals surface area contributed by atoms with Crippen molar-refractivity contribution in [2.24, 2.45) is 7.05 Å². The van der Waals surface area contributed by atoms with E-state index in [-0.39, 0.29) is 5.15 Å². The predicted molar refractivity (Wildman–Crippen MR) is 142 cm³/mol. The zero-order valence-corrected chi connectivity index (χ0v) is 21.5. The molecule has 3 aromatic heterocycles. The summed E-state index contributed by atoms with van der Waals surface area (Å²) in [4.78, 5) is 13.3. The third-order valence-electron chi connectivity index (χ3n) is 6.28. The first-order valence-electron chi connectivity index (χ1n) is 11.4. The summed E-state index contributed by atoms with van der Waals surface area (Å²) in [6, 6.07) is 18.9. The maximum absolute atomic E-state index is 12.4. The van der Waals surface area contributed by atoms with Crippen LogP contribution in [0.2, 0.25) is 10.2 Å². The highest BCUT2D eigenvalue weighted by Crippen LogP contribution is 2.42. The lowest BCUT2D eigenvalue weighted by atomic mass is 9.82. The van der Waals surface area contributed by atoms with E-state index >= 15 is 0 Å². The van der Waals surface area contributed by atoms with Gasteiger partial charge in [-0.15, -0.1) is 0 Å². The van der Waals surface area contributed by atoms with Crippen LogP contribution in [0, 0.1) is 13.8 Å². The molecule has 0 radical (unpaired) electrons. The average Bonchev–Trinajstić information content (AvgIpc) is 3.30. The SMILES string of the molecule is Cc1ccc(C(O)(c2ccc3nc(Cl)c(OCc4ccccc4)c(Cl)c3c2)c2cncn2C)c(C)n1. The molecule has 6 nitrogen and oxygen atoms in total. The first-order chi connectivity index (χ1) is 17.3. The normalized spacial score (nSPS) is 13.1. The van der Waals surface area contributed by atoms with Crippen LogP contribution in [0.1, 0.15) is 33.8 Å². The largest absolute Gasteiger partial charge is 0.484 e. The van der Waals surface area contributed by atoms with E-state index < -0.39 is 5.60 Å². The summed E-state index contributed by atoms with van der Waals surface area (Å²) < 4.78 is 7.77. The van der Waals surface area contributed by atoms with Crippen molar-refractivity contribution in [1.82, 2.24) is 19.5 Å². The Bertz CT molecular complexity index is 1570. The van der Waals surface area contributed by atoms with Crippen molar-refractivity contribution in [3.63, 3.8) is 0 Å². The van der Waals surface area contributed by atoms with Gasteiger partial charge in [0.1, 0.15) is 6.61 Å². The van der Waals surface area contributed by atoms with Gasteiger partial charge in [-0.1, -0.05) is 65.7 Å². The molecule has 1 N–H and O–H groups in total. The van der Waals surface area contributed by atoms with Crippen LogP contribution < -0.4 is 4.74 Å². The highest BCUT2D eigenvalue weighted by molar-refractivity contribution is 6.40. The standard InChI is InChI=1S/C28H24Cl2N4O2/c1-17-9-11-22(18(2)32-17)28(35,24-14-31-16-34(24)3)20-10-12-23-21(13-20)25(29)26(27(30)33-23)36-15-19-7-5-4-6-8-19/h4-14,16,35H,15H2,1-3H3. The van der Waals surface area contributed by atoms with Crippen molar-refractivity contribution in [2.75, 3.05) is 0 Å². The lowest BCUT2D eigenvalue weighted by Gasteiger charge is -2.31. The molecule has 5 aromatic rings. The molecular weight excluding hydrogens is 495 g/mol. The van der Waals surface area contributed by atoms with Crippen molar-refractivity contribution < 1.29 is 9.84 Å². The van der Waals surface area contributed by atoms with E-state index in [1.807, 2.05) is 75.5 Å². The minimum atomic E-state index is -1.54. The third-order valence-corrected chi connectivity index (χ3v) is 6.92. The lowest BCUT2D eigenvalue weighted by molar-refractivity contribution is 0.116. The van der Waals surface area contributed by atoms with Crippen molar-refractivity contribution in [3.05, 3.63) is 117 Å². The van der Waals surface area contributed by atoms with Gasteiger partial charge in [0.25, 0.3) is 0 Å². The Balaban J connectivity index is 1.67. The number of hydrogen-bond donors (Lipinski definition) is 1. The van der Waals surface area contributed by atoms with Crippen LogP contribution in [-0.4, -0.2) is 24.6 Å². The average molecular weight is 519 g/mol. The molecule has 0 saturated heterocycles. The van der Waals surface area contributed by atoms with Crippen LogP contribution in [0.3, 0.4) is 0 Å². The maximum atomic E-state index is 12.4. The maximum Gasteiger partial charge on any atom is 0.176 e. The highest BCUT2D eigenvalue weighted by atomic mass is 35.5. The summed E-state index contributed by atoms with van der Waals surface area (Å²) >= 11 is 13.3. The van der Waals surface area contributed by atoms with Gasteiger partial charge in [0.2, 0.25) is 0 Å². The quantitative estimate of drug-likeness (QED) is 0.273. The van der Waals surface area contributed by atoms with E-state index in [0.717, 1.165) is 11.3 Å². The first kappa shape index (κ1) is 24.3. The minimum Gasteiger partial charge on any atom is -0.484 e. The number of pyridine rings is 2. The molecule has 8 heteroatoms. The zero-order valence-electron chi connectivity index (χ0n) is 20.0. The molecule has 1 unspecified atom stereocenters. The van der Waals surface area contributed by atoms with Crippen LogP contribution in [0.4, 0.5) is 0 Å². The second-order valence-corrected chi connectivity index (χ2v) is 9.47. The van der Waals surface area contributed by atoms with Crippen LogP contribution in [0.5, 0.6) is 5.75 Å². The molecule has 0 aliphatic rings. The Morgan fingerprint density at radius 1 is 1.00 bits per heavy atom. The number of nitrogens with zero attached hydrogens (tertiary/aromatic N) is 4. The number of benzene rings is 2. The number of rotatable bonds is 6. The summed E-state index contributed by atoms with van der Waals surface area (Å²) in [7, 11) is 1.84. The number of hydrogen-bond acceptors (Lipinski definition) is 5. The highest BCUT2D eigenvalue weighted by Gasteiger charge is 2.38. The number of ether oxygens (including phenoxy) is 1. The van der Waals surface area contributed by atoms with Crippen LogP contribution in [0.25, 0.3) is 10.9 Å². The van der Waals surface area contributed by atoms with Gasteiger partial charge < -0.3 is 14.4 Å². The van der Waals surface area contributed by atoms with Crippen LogP contribution >= 0.6 is 23.2 Å². The fourth-order valence-electron chi connectivity index (χ4n) is 4.47. The molecule has 5 rings (SSSR count). The van der Waals surface area contributed by atoms with Crippen LogP contribution in [-0.2, 0) is 19.3 Å². The predicted octanol–water partition coefficient (Wildman–Crippen LogP) is 6.15. The van der Waals surface area contributed by atoms with E-state index in [1.54, 1.807) is 23.2 Å². The van der Waals surface area contributed by atoms with Gasteiger partial charge >= 0.3 is 0 Å². The molecule has 0 fully saturated rings. The second kappa shape index (κ2) is 9.54. The monoisotopic (exact) mass is 518 g/mol. The summed E-state index contributed by atoms with van der Waals surface area (Å²) in [5.41, 5.74) is 3.43. The van der Waals surface area contributed by atoms with Gasteiger partial charge in [-0.2, -0.15) is 0 Å². The number of aromatic nitrogens is 4. The fraction of sp³-hybridized carbons (Fsp3) is 0.179. The number of fused-ring (bicyclic) bond motifs is 1. The summed E-state index contributed by atoms with van der Waals surface area (Å²) in [5.74, 6) is 0.295. The summed E-state index contributed by atoms with van der Waals surface area (Å²) in [5, 5.41) is 13.5. The smallest absolute Gasteiger partial charge is 0.176 e. The van der Waals surface area contributed by atoms with Gasteiger partial charge in [-0.3, -0.25) is 4.98 Å². The fourth-order valence-corrected chi connectivity index (χ4v) is 5.06. The van der Waals surface area contributed by atoms with Crippen molar-refractivity contribution in [3.8, 4) is 5.75 Å². The van der Waals surface area contributed by atoms with Crippen LogP contribution in [0.15, 0.2) is 73.2 Å². The van der Waals surface area contributed by atoms with E-state index in [9.17, 15) is 5.11 Å². The molecule has 2 aromatic carbocycles. The van der Waals surface area contributed by atoms with E-state index in [1.165, 1.54) is 0 Å². The molecule has 3 heterocycles. The van der Waals surface area contributed by atoms with Crippen molar-refractivity contribution in [2.45, 2.75) is 26.1 Å². The van der Waals surface area contributed by atoms with E-state index in [0.29, 0.717) is 50.8 Å². The third kappa shape index (κ3) is 4.22. The summed E-state index contributed by atoms with van der Waals surface area (Å²) in [6.45, 7) is 4.09. The minimum absolute atomic E-state index is 0.177. The molecule has 0 amide bonds. The number of halogens is 2. The van der Waals surface area contributed by atoms with Gasteiger partial charge in [0.05, 0.1) is 28.8 Å². The Morgan fingerprint density at radius 3 is 2.47 bits per heavy atom.